The molecule has 1 amide bonds. The highest BCUT2D eigenvalue weighted by molar-refractivity contribution is 7.93. The van der Waals surface area contributed by atoms with Crippen LogP contribution in [0.2, 0.25) is 5.02 Å². The molecule has 0 bridgehead atoms. The minimum Gasteiger partial charge on any atom is -0.497 e. The molecule has 0 saturated carbocycles. The first-order valence-electron chi connectivity index (χ1n) is 12.3. The van der Waals surface area contributed by atoms with E-state index in [1.54, 1.807) is 61.5 Å². The number of aryl methyl sites for hydroxylation is 2. The van der Waals surface area contributed by atoms with Crippen molar-refractivity contribution in [3.05, 3.63) is 107 Å². The molecule has 0 fully saturated rings. The Hall–Kier alpha value is -4.06. The fourth-order valence-corrected chi connectivity index (χ4v) is 6.73. The first kappa shape index (κ1) is 29.9. The highest BCUT2D eigenvalue weighted by atomic mass is 35.5. The Labute approximate surface area is 244 Å². The number of rotatable bonds is 10. The molecule has 0 radical (unpaired) electrons. The van der Waals surface area contributed by atoms with Gasteiger partial charge in [-0.2, -0.15) is 0 Å². The van der Waals surface area contributed by atoms with E-state index in [2.05, 4.69) is 10.0 Å². The normalized spacial score (nSPS) is 11.5. The van der Waals surface area contributed by atoms with E-state index in [-0.39, 0.29) is 9.79 Å². The Morgan fingerprint density at radius 2 is 1.39 bits per heavy atom. The molecule has 4 aromatic carbocycles. The lowest BCUT2D eigenvalue weighted by molar-refractivity contribution is -0.114. The van der Waals surface area contributed by atoms with Crippen molar-refractivity contribution >= 4 is 54.6 Å². The van der Waals surface area contributed by atoms with Crippen LogP contribution in [0.15, 0.2) is 101 Å². The zero-order chi connectivity index (χ0) is 29.8. The SMILES string of the molecule is COc1ccc(NS(=O)(=O)c2ccc(NC(=O)CN(c3ccc(Cl)cc3C)S(=O)(=O)c3ccc(C)cc3)cc2)cc1. The Morgan fingerprint density at radius 3 is 1.98 bits per heavy atom. The zero-order valence-corrected chi connectivity index (χ0v) is 24.8. The second-order valence-electron chi connectivity index (χ2n) is 9.16. The van der Waals surface area contributed by atoms with E-state index >= 15 is 0 Å². The molecule has 12 heteroatoms. The van der Waals surface area contributed by atoms with Crippen LogP contribution in [0, 0.1) is 13.8 Å². The monoisotopic (exact) mass is 613 g/mol. The molecule has 0 saturated heterocycles. The van der Waals surface area contributed by atoms with Gasteiger partial charge in [0.15, 0.2) is 0 Å². The first-order valence-corrected chi connectivity index (χ1v) is 15.6. The average molecular weight is 614 g/mol. The zero-order valence-electron chi connectivity index (χ0n) is 22.5. The van der Waals surface area contributed by atoms with E-state index in [0.29, 0.717) is 33.4 Å². The number of hydrogen-bond donors (Lipinski definition) is 2. The predicted molar refractivity (Wildman–Crippen MR) is 161 cm³/mol. The molecular formula is C29H28ClN3O6S2. The molecule has 9 nitrogen and oxygen atoms in total. The highest BCUT2D eigenvalue weighted by Gasteiger charge is 2.28. The van der Waals surface area contributed by atoms with E-state index in [0.717, 1.165) is 9.87 Å². The molecule has 0 spiro atoms. The molecule has 0 unspecified atom stereocenters. The second-order valence-corrected chi connectivity index (χ2v) is 13.1. The summed E-state index contributed by atoms with van der Waals surface area (Å²) in [6.45, 7) is 3.02. The molecule has 0 aliphatic rings. The van der Waals surface area contributed by atoms with E-state index in [1.807, 2.05) is 6.92 Å². The summed E-state index contributed by atoms with van der Waals surface area (Å²) < 4.78 is 61.5. The van der Waals surface area contributed by atoms with Crippen LogP contribution in [0.5, 0.6) is 5.75 Å². The molecule has 214 valence electrons. The van der Waals surface area contributed by atoms with Crippen molar-refractivity contribution in [3.63, 3.8) is 0 Å². The Kier molecular flexibility index (Phi) is 8.91. The summed E-state index contributed by atoms with van der Waals surface area (Å²) in [6.07, 6.45) is 0. The van der Waals surface area contributed by atoms with Crippen LogP contribution < -0.4 is 19.1 Å². The number of nitrogens with one attached hydrogen (secondary N) is 2. The van der Waals surface area contributed by atoms with Crippen LogP contribution in [0.4, 0.5) is 17.1 Å². The number of anilines is 3. The molecule has 0 aliphatic carbocycles. The van der Waals surface area contributed by atoms with Gasteiger partial charge in [0, 0.05) is 16.4 Å². The number of ether oxygens (including phenoxy) is 1. The van der Waals surface area contributed by atoms with Crippen LogP contribution in [-0.2, 0) is 24.8 Å². The van der Waals surface area contributed by atoms with Gasteiger partial charge in [-0.15, -0.1) is 0 Å². The van der Waals surface area contributed by atoms with Gasteiger partial charge in [-0.05, 0) is 98.3 Å². The maximum atomic E-state index is 13.6. The number of sulfonamides is 2. The van der Waals surface area contributed by atoms with Gasteiger partial charge in [0.1, 0.15) is 12.3 Å². The maximum Gasteiger partial charge on any atom is 0.264 e. The number of carbonyl (C=O) groups is 1. The first-order chi connectivity index (χ1) is 19.4. The van der Waals surface area contributed by atoms with Crippen molar-refractivity contribution in [1.82, 2.24) is 0 Å². The fourth-order valence-electron chi connectivity index (χ4n) is 3.96. The van der Waals surface area contributed by atoms with Gasteiger partial charge in [-0.1, -0.05) is 29.3 Å². The summed E-state index contributed by atoms with van der Waals surface area (Å²) in [5.41, 5.74) is 2.41. The van der Waals surface area contributed by atoms with Gasteiger partial charge in [0.25, 0.3) is 20.0 Å². The summed E-state index contributed by atoms with van der Waals surface area (Å²) in [5, 5.41) is 3.08. The van der Waals surface area contributed by atoms with Crippen LogP contribution in [0.3, 0.4) is 0 Å². The van der Waals surface area contributed by atoms with E-state index in [1.165, 1.54) is 43.5 Å². The van der Waals surface area contributed by atoms with E-state index in [4.69, 9.17) is 16.3 Å². The van der Waals surface area contributed by atoms with Crippen molar-refractivity contribution in [2.75, 3.05) is 28.0 Å². The summed E-state index contributed by atoms with van der Waals surface area (Å²) in [4.78, 5) is 13.1. The third kappa shape index (κ3) is 7.18. The number of methoxy groups -OCH3 is 1. The van der Waals surface area contributed by atoms with E-state index < -0.39 is 32.5 Å². The number of hydrogen-bond acceptors (Lipinski definition) is 6. The highest BCUT2D eigenvalue weighted by Crippen LogP contribution is 2.29. The lowest BCUT2D eigenvalue weighted by atomic mass is 10.2. The van der Waals surface area contributed by atoms with Gasteiger partial charge in [0.05, 0.1) is 22.6 Å². The third-order valence-corrected chi connectivity index (χ3v) is 9.52. The number of halogens is 1. The minimum atomic E-state index is -4.12. The van der Waals surface area contributed by atoms with Gasteiger partial charge in [0.2, 0.25) is 5.91 Å². The average Bonchev–Trinajstić information content (AvgIpc) is 2.93. The molecule has 0 heterocycles. The van der Waals surface area contributed by atoms with Crippen molar-refractivity contribution in [2.45, 2.75) is 23.6 Å². The third-order valence-electron chi connectivity index (χ3n) is 6.11. The predicted octanol–water partition coefficient (Wildman–Crippen LogP) is 5.60. The van der Waals surface area contributed by atoms with Gasteiger partial charge in [-0.25, -0.2) is 16.8 Å². The topological polar surface area (TPSA) is 122 Å². The van der Waals surface area contributed by atoms with Crippen LogP contribution >= 0.6 is 11.6 Å². The molecule has 0 aromatic heterocycles. The maximum absolute atomic E-state index is 13.6. The van der Waals surface area contributed by atoms with Crippen LogP contribution in [0.25, 0.3) is 0 Å². The molecule has 4 aromatic rings. The summed E-state index contributed by atoms with van der Waals surface area (Å²) in [6, 6.07) is 23.0. The number of benzene rings is 4. The van der Waals surface area contributed by atoms with E-state index in [9.17, 15) is 21.6 Å². The largest absolute Gasteiger partial charge is 0.497 e. The summed E-state index contributed by atoms with van der Waals surface area (Å²) in [7, 11) is -6.50. The second kappa shape index (κ2) is 12.2. The number of nitrogens with zero attached hydrogens (tertiary/aromatic N) is 1. The quantitative estimate of drug-likeness (QED) is 0.240. The molecule has 4 rings (SSSR count). The summed E-state index contributed by atoms with van der Waals surface area (Å²) >= 11 is 6.09. The lowest BCUT2D eigenvalue weighted by Crippen LogP contribution is -2.38. The van der Waals surface area contributed by atoms with Crippen LogP contribution in [-0.4, -0.2) is 36.4 Å². The van der Waals surface area contributed by atoms with Crippen molar-refractivity contribution in [2.24, 2.45) is 0 Å². The lowest BCUT2D eigenvalue weighted by Gasteiger charge is -2.26. The number of amides is 1. The standard InChI is InChI=1S/C29H28ClN3O6S2/c1-20-4-13-27(14-5-20)41(37,38)33(28-17-6-22(30)18-21(28)2)19-29(34)31-23-9-15-26(16-10-23)40(35,36)32-24-7-11-25(39-3)12-8-24/h4-18,32H,19H2,1-3H3,(H,31,34). The molecule has 0 aliphatic heterocycles. The molecular weight excluding hydrogens is 586 g/mol. The van der Waals surface area contributed by atoms with Crippen LogP contribution in [0.1, 0.15) is 11.1 Å². The minimum absolute atomic E-state index is 0.0216. The number of carbonyl (C=O) groups excluding carboxylic acids is 1. The Bertz CT molecular complexity index is 1760. The Balaban J connectivity index is 1.54. The van der Waals surface area contributed by atoms with Gasteiger partial charge >= 0.3 is 0 Å². The molecule has 41 heavy (non-hydrogen) atoms. The van der Waals surface area contributed by atoms with Crippen molar-refractivity contribution < 1.29 is 26.4 Å². The Morgan fingerprint density at radius 1 is 0.805 bits per heavy atom. The molecule has 2 N–H and O–H groups in total. The van der Waals surface area contributed by atoms with Gasteiger partial charge < -0.3 is 10.1 Å². The summed E-state index contributed by atoms with van der Waals surface area (Å²) in [5.74, 6) is -0.0356. The smallest absolute Gasteiger partial charge is 0.264 e. The van der Waals surface area contributed by atoms with Crippen molar-refractivity contribution in [3.8, 4) is 5.75 Å². The molecule has 0 atom stereocenters. The van der Waals surface area contributed by atoms with Gasteiger partial charge in [-0.3, -0.25) is 13.8 Å². The fraction of sp³-hybridized carbons (Fsp3) is 0.138. The van der Waals surface area contributed by atoms with Crippen molar-refractivity contribution in [1.29, 1.82) is 0 Å².